The van der Waals surface area contributed by atoms with Crippen LogP contribution < -0.4 is 0 Å². The first-order chi connectivity index (χ1) is 8.34. The Morgan fingerprint density at radius 3 is 2.82 bits per heavy atom. The lowest BCUT2D eigenvalue weighted by atomic mass is 10.0. The van der Waals surface area contributed by atoms with E-state index in [9.17, 15) is 5.11 Å². The van der Waals surface area contributed by atoms with Gasteiger partial charge in [0.1, 0.15) is 5.75 Å². The Balaban J connectivity index is 2.17. The number of phenols is 1. The van der Waals surface area contributed by atoms with Gasteiger partial charge in [-0.2, -0.15) is 0 Å². The number of imidazole rings is 1. The first-order valence-corrected chi connectivity index (χ1v) is 5.50. The molecule has 0 saturated heterocycles. The van der Waals surface area contributed by atoms with Gasteiger partial charge in [-0.3, -0.25) is 0 Å². The van der Waals surface area contributed by atoms with Crippen LogP contribution in [-0.4, -0.2) is 14.7 Å². The molecule has 0 atom stereocenters. The van der Waals surface area contributed by atoms with E-state index in [0.717, 1.165) is 16.3 Å². The van der Waals surface area contributed by atoms with Gasteiger partial charge in [0, 0.05) is 18.0 Å². The molecule has 0 aliphatic rings. The molecule has 1 heterocycles. The van der Waals surface area contributed by atoms with Crippen LogP contribution >= 0.6 is 0 Å². The average Bonchev–Trinajstić information content (AvgIpc) is 2.86. The van der Waals surface area contributed by atoms with E-state index in [0.29, 0.717) is 12.3 Å². The molecule has 3 rings (SSSR count). The van der Waals surface area contributed by atoms with Crippen LogP contribution in [0.4, 0.5) is 0 Å². The second kappa shape index (κ2) is 3.94. The van der Waals surface area contributed by atoms with Crippen molar-refractivity contribution in [1.29, 1.82) is 0 Å². The van der Waals surface area contributed by atoms with E-state index >= 15 is 0 Å². The number of fused-ring (bicyclic) bond motifs is 1. The number of aromatic nitrogens is 2. The third-order valence-electron chi connectivity index (χ3n) is 2.92. The quantitative estimate of drug-likeness (QED) is 0.726. The third-order valence-corrected chi connectivity index (χ3v) is 2.92. The predicted molar refractivity (Wildman–Crippen MR) is 66.9 cm³/mol. The van der Waals surface area contributed by atoms with Gasteiger partial charge in [0.05, 0.1) is 12.9 Å². The van der Waals surface area contributed by atoms with E-state index in [1.165, 1.54) is 0 Å². The molecule has 3 aromatic rings. The zero-order chi connectivity index (χ0) is 11.7. The number of phenolic OH excluding ortho intramolecular Hbond substituents is 1. The summed E-state index contributed by atoms with van der Waals surface area (Å²) < 4.78 is 1.95. The maximum atomic E-state index is 9.97. The van der Waals surface area contributed by atoms with Crippen molar-refractivity contribution >= 4 is 10.8 Å². The van der Waals surface area contributed by atoms with Crippen molar-refractivity contribution in [3.63, 3.8) is 0 Å². The van der Waals surface area contributed by atoms with E-state index in [2.05, 4.69) is 4.98 Å². The summed E-state index contributed by atoms with van der Waals surface area (Å²) in [6.07, 6.45) is 5.38. The Hall–Kier alpha value is -2.29. The normalized spacial score (nSPS) is 10.8. The van der Waals surface area contributed by atoms with Gasteiger partial charge in [-0.05, 0) is 16.8 Å². The minimum atomic E-state index is 0.331. The van der Waals surface area contributed by atoms with Gasteiger partial charge < -0.3 is 9.67 Å². The largest absolute Gasteiger partial charge is 0.508 e. The van der Waals surface area contributed by atoms with Gasteiger partial charge in [0.25, 0.3) is 0 Å². The smallest absolute Gasteiger partial charge is 0.121 e. The lowest BCUT2D eigenvalue weighted by Gasteiger charge is -2.09. The summed E-state index contributed by atoms with van der Waals surface area (Å²) in [5.74, 6) is 0.331. The summed E-state index contributed by atoms with van der Waals surface area (Å²) in [6, 6.07) is 11.7. The Morgan fingerprint density at radius 1 is 1.12 bits per heavy atom. The van der Waals surface area contributed by atoms with Gasteiger partial charge in [0.2, 0.25) is 0 Å². The van der Waals surface area contributed by atoms with Crippen molar-refractivity contribution < 1.29 is 5.11 Å². The van der Waals surface area contributed by atoms with Crippen LogP contribution in [0.15, 0.2) is 55.1 Å². The molecule has 0 spiro atoms. The highest BCUT2D eigenvalue weighted by Crippen LogP contribution is 2.27. The Labute approximate surface area is 99.0 Å². The van der Waals surface area contributed by atoms with Gasteiger partial charge in [-0.15, -0.1) is 0 Å². The fourth-order valence-electron chi connectivity index (χ4n) is 2.05. The molecule has 0 aliphatic heterocycles. The van der Waals surface area contributed by atoms with Crippen molar-refractivity contribution in [2.45, 2.75) is 6.54 Å². The summed E-state index contributed by atoms with van der Waals surface area (Å²) in [7, 11) is 0. The molecular formula is C14H12N2O. The fraction of sp³-hybridized carbons (Fsp3) is 0.0714. The SMILES string of the molecule is Oc1ccc2ccccc2c1Cn1ccnc1. The molecule has 0 radical (unpaired) electrons. The highest BCUT2D eigenvalue weighted by molar-refractivity contribution is 5.87. The Bertz CT molecular complexity index is 644. The highest BCUT2D eigenvalue weighted by atomic mass is 16.3. The molecule has 3 heteroatoms. The van der Waals surface area contributed by atoms with Gasteiger partial charge in [0.15, 0.2) is 0 Å². The van der Waals surface area contributed by atoms with Crippen LogP contribution in [0.5, 0.6) is 5.75 Å². The zero-order valence-corrected chi connectivity index (χ0v) is 9.24. The number of nitrogens with zero attached hydrogens (tertiary/aromatic N) is 2. The molecule has 0 amide bonds. The van der Waals surface area contributed by atoms with Crippen LogP contribution in [0.2, 0.25) is 0 Å². The molecule has 84 valence electrons. The predicted octanol–water partition coefficient (Wildman–Crippen LogP) is 2.79. The summed E-state index contributed by atoms with van der Waals surface area (Å²) >= 11 is 0. The van der Waals surface area contributed by atoms with Crippen molar-refractivity contribution in [1.82, 2.24) is 9.55 Å². The van der Waals surface area contributed by atoms with Crippen molar-refractivity contribution in [3.05, 3.63) is 60.7 Å². The van der Waals surface area contributed by atoms with E-state index in [4.69, 9.17) is 0 Å². The third kappa shape index (κ3) is 1.76. The standard InChI is InChI=1S/C14H12N2O/c17-14-6-5-11-3-1-2-4-12(11)13(14)9-16-8-7-15-10-16/h1-8,10,17H,9H2. The van der Waals surface area contributed by atoms with Gasteiger partial charge in [-0.1, -0.05) is 30.3 Å². The molecule has 1 aromatic heterocycles. The molecule has 3 nitrogen and oxygen atoms in total. The molecule has 0 fully saturated rings. The maximum Gasteiger partial charge on any atom is 0.121 e. The summed E-state index contributed by atoms with van der Waals surface area (Å²) in [5, 5.41) is 12.2. The molecular weight excluding hydrogens is 212 g/mol. The molecule has 0 saturated carbocycles. The highest BCUT2D eigenvalue weighted by Gasteiger charge is 2.06. The van der Waals surface area contributed by atoms with Crippen molar-refractivity contribution in [2.24, 2.45) is 0 Å². The lowest BCUT2D eigenvalue weighted by molar-refractivity contribution is 0.467. The molecule has 0 bridgehead atoms. The number of aromatic hydroxyl groups is 1. The van der Waals surface area contributed by atoms with Crippen LogP contribution in [0.1, 0.15) is 5.56 Å². The van der Waals surface area contributed by atoms with Crippen molar-refractivity contribution in [2.75, 3.05) is 0 Å². The minimum absolute atomic E-state index is 0.331. The van der Waals surface area contributed by atoms with Crippen molar-refractivity contribution in [3.8, 4) is 5.75 Å². The first kappa shape index (κ1) is 9.90. The van der Waals surface area contributed by atoms with Crippen LogP contribution in [-0.2, 0) is 6.54 Å². The zero-order valence-electron chi connectivity index (χ0n) is 9.24. The van der Waals surface area contributed by atoms with Crippen LogP contribution in [0.3, 0.4) is 0 Å². The molecule has 17 heavy (non-hydrogen) atoms. The van der Waals surface area contributed by atoms with Crippen LogP contribution in [0, 0.1) is 0 Å². The minimum Gasteiger partial charge on any atom is -0.508 e. The van der Waals surface area contributed by atoms with E-state index in [1.54, 1.807) is 18.6 Å². The first-order valence-electron chi connectivity index (χ1n) is 5.50. The van der Waals surface area contributed by atoms with E-state index in [1.807, 2.05) is 41.1 Å². The number of hydrogen-bond donors (Lipinski definition) is 1. The average molecular weight is 224 g/mol. The topological polar surface area (TPSA) is 38.0 Å². The van der Waals surface area contributed by atoms with Crippen LogP contribution in [0.25, 0.3) is 10.8 Å². The number of hydrogen-bond acceptors (Lipinski definition) is 2. The maximum absolute atomic E-state index is 9.97. The Kier molecular flexibility index (Phi) is 2.29. The molecule has 0 aliphatic carbocycles. The summed E-state index contributed by atoms with van der Waals surface area (Å²) in [6.45, 7) is 0.632. The fourth-order valence-corrected chi connectivity index (χ4v) is 2.05. The summed E-state index contributed by atoms with van der Waals surface area (Å²) in [5.41, 5.74) is 0.932. The molecule has 2 aromatic carbocycles. The van der Waals surface area contributed by atoms with E-state index < -0.39 is 0 Å². The van der Waals surface area contributed by atoms with Gasteiger partial charge >= 0.3 is 0 Å². The Morgan fingerprint density at radius 2 is 2.00 bits per heavy atom. The second-order valence-corrected chi connectivity index (χ2v) is 4.02. The molecule has 0 unspecified atom stereocenters. The lowest BCUT2D eigenvalue weighted by Crippen LogP contribution is -1.97. The summed E-state index contributed by atoms with van der Waals surface area (Å²) in [4.78, 5) is 4.01. The number of benzene rings is 2. The van der Waals surface area contributed by atoms with Gasteiger partial charge in [-0.25, -0.2) is 4.98 Å². The molecule has 1 N–H and O–H groups in total. The monoisotopic (exact) mass is 224 g/mol. The second-order valence-electron chi connectivity index (χ2n) is 4.02. The number of rotatable bonds is 2. The van der Waals surface area contributed by atoms with E-state index in [-0.39, 0.29) is 0 Å².